The van der Waals surface area contributed by atoms with Crippen molar-refractivity contribution in [1.82, 2.24) is 15.0 Å². The number of para-hydroxylation sites is 2. The van der Waals surface area contributed by atoms with Crippen LogP contribution >= 0.6 is 22.7 Å². The second-order valence-electron chi connectivity index (χ2n) is 13.2. The Morgan fingerprint density at radius 2 is 1.84 bits per heavy atom. The van der Waals surface area contributed by atoms with Gasteiger partial charge in [-0.3, -0.25) is 15.1 Å². The molecule has 4 heterocycles. The molecule has 9 nitrogen and oxygen atoms in total. The number of anilines is 2. The third-order valence-corrected chi connectivity index (χ3v) is 12.2. The first-order valence-corrected chi connectivity index (χ1v) is 18.9. The number of pyridine rings is 1. The molecule has 2 atom stereocenters. The van der Waals surface area contributed by atoms with Crippen LogP contribution in [0.3, 0.4) is 0 Å². The molecule has 2 N–H and O–H groups in total. The van der Waals surface area contributed by atoms with Crippen molar-refractivity contribution in [3.05, 3.63) is 117 Å². The lowest BCUT2D eigenvalue weighted by Crippen LogP contribution is -2.32. The molecule has 0 saturated carbocycles. The molecular weight excluding hydrogens is 679 g/mol. The van der Waals surface area contributed by atoms with Gasteiger partial charge in [0.05, 0.1) is 16.8 Å². The average molecular weight is 716 g/mol. The van der Waals surface area contributed by atoms with Crippen molar-refractivity contribution in [3.63, 3.8) is 0 Å². The Hall–Kier alpha value is -5.13. The monoisotopic (exact) mass is 715 g/mol. The number of nitrogens with one attached hydrogen (secondary N) is 1. The lowest BCUT2D eigenvalue weighted by molar-refractivity contribution is 0.0690. The van der Waals surface area contributed by atoms with E-state index in [-0.39, 0.29) is 11.6 Å². The molecule has 258 valence electrons. The summed E-state index contributed by atoms with van der Waals surface area (Å²) in [7, 11) is 0. The number of aromatic nitrogens is 3. The number of aryl methyl sites for hydroxylation is 1. The van der Waals surface area contributed by atoms with E-state index in [0.717, 1.165) is 50.8 Å². The molecule has 3 aromatic carbocycles. The molecule has 3 aromatic heterocycles. The van der Waals surface area contributed by atoms with E-state index >= 15 is 0 Å². The van der Waals surface area contributed by atoms with E-state index in [4.69, 9.17) is 4.74 Å². The van der Waals surface area contributed by atoms with Crippen molar-refractivity contribution in [3.8, 4) is 5.75 Å². The van der Waals surface area contributed by atoms with Gasteiger partial charge in [0, 0.05) is 35.1 Å². The van der Waals surface area contributed by atoms with Crippen LogP contribution in [0.4, 0.5) is 10.3 Å². The van der Waals surface area contributed by atoms with Crippen LogP contribution in [0.25, 0.3) is 21.1 Å². The Morgan fingerprint density at radius 1 is 1.00 bits per heavy atom. The van der Waals surface area contributed by atoms with Crippen LogP contribution in [0.15, 0.2) is 84.6 Å². The van der Waals surface area contributed by atoms with E-state index in [1.807, 2.05) is 54.7 Å². The largest absolute Gasteiger partial charge is 0.491 e. The van der Waals surface area contributed by atoms with Crippen LogP contribution in [-0.2, 0) is 19.4 Å². The van der Waals surface area contributed by atoms with Gasteiger partial charge in [0.2, 0.25) is 0 Å². The van der Waals surface area contributed by atoms with Crippen LogP contribution < -0.4 is 15.0 Å². The molecule has 0 bridgehead atoms. The third kappa shape index (κ3) is 6.71. The van der Waals surface area contributed by atoms with Gasteiger partial charge in [-0.1, -0.05) is 73.2 Å². The Balaban J connectivity index is 0.947. The van der Waals surface area contributed by atoms with Crippen molar-refractivity contribution >= 4 is 65.9 Å². The first kappa shape index (κ1) is 33.0. The van der Waals surface area contributed by atoms with Crippen LogP contribution in [0.1, 0.15) is 75.0 Å². The Labute approximate surface area is 303 Å². The quantitative estimate of drug-likeness (QED) is 0.0953. The first-order chi connectivity index (χ1) is 24.8. The maximum Gasteiger partial charge on any atom is 0.355 e. The number of nitrogens with zero attached hydrogens (tertiary/aromatic N) is 4. The SMILES string of the molecule is CC(C1=CC1)C(C)c1ccnc2c(OCCCc3sc(N4CCc5cccc(C(=O)Nc6nc7ccccc7s6)c5C4)nc3C(=O)O)cccc12. The summed E-state index contributed by atoms with van der Waals surface area (Å²) < 4.78 is 7.27. The van der Waals surface area contributed by atoms with Gasteiger partial charge in [0.25, 0.3) is 5.91 Å². The molecule has 0 saturated heterocycles. The number of hydrogen-bond acceptors (Lipinski definition) is 9. The highest BCUT2D eigenvalue weighted by atomic mass is 32.1. The number of carbonyl (C=O) groups excluding carboxylic acids is 1. The molecule has 8 rings (SSSR count). The minimum atomic E-state index is -1.04. The highest BCUT2D eigenvalue weighted by molar-refractivity contribution is 7.22. The molecule has 51 heavy (non-hydrogen) atoms. The number of allylic oxidation sites excluding steroid dienone is 2. The van der Waals surface area contributed by atoms with E-state index in [1.165, 1.54) is 33.8 Å². The molecule has 6 aromatic rings. The predicted molar refractivity (Wildman–Crippen MR) is 204 cm³/mol. The second-order valence-corrected chi connectivity index (χ2v) is 15.3. The molecule has 0 fully saturated rings. The highest BCUT2D eigenvalue weighted by Gasteiger charge is 2.27. The van der Waals surface area contributed by atoms with Crippen LogP contribution in [-0.4, -0.2) is 45.1 Å². The van der Waals surface area contributed by atoms with Gasteiger partial charge in [0.15, 0.2) is 16.0 Å². The lowest BCUT2D eigenvalue weighted by atomic mass is 9.85. The second kappa shape index (κ2) is 13.9. The van der Waals surface area contributed by atoms with Gasteiger partial charge in [-0.15, -0.1) is 11.3 Å². The Bertz CT molecular complexity index is 2300. The molecule has 2 aliphatic rings. The summed E-state index contributed by atoms with van der Waals surface area (Å²) >= 11 is 2.85. The number of benzene rings is 3. The number of carboxylic acid groups (broad SMARTS) is 1. The molecule has 2 unspecified atom stereocenters. The number of hydrogen-bond donors (Lipinski definition) is 2. The summed E-state index contributed by atoms with van der Waals surface area (Å²) in [6.07, 6.45) is 7.15. The molecule has 0 spiro atoms. The van der Waals surface area contributed by atoms with Crippen molar-refractivity contribution in [2.24, 2.45) is 5.92 Å². The number of ether oxygens (including phenoxy) is 1. The van der Waals surface area contributed by atoms with Gasteiger partial charge in [-0.05, 0) is 84.5 Å². The normalized spacial score (nSPS) is 14.9. The Kier molecular flexibility index (Phi) is 8.99. The van der Waals surface area contributed by atoms with E-state index in [0.29, 0.717) is 65.1 Å². The van der Waals surface area contributed by atoms with Crippen LogP contribution in [0.5, 0.6) is 5.75 Å². The molecule has 1 aliphatic carbocycles. The van der Waals surface area contributed by atoms with Crippen molar-refractivity contribution in [2.75, 3.05) is 23.4 Å². The number of carboxylic acids is 1. The fourth-order valence-electron chi connectivity index (χ4n) is 6.98. The smallest absolute Gasteiger partial charge is 0.355 e. The zero-order valence-electron chi connectivity index (χ0n) is 28.4. The number of rotatable bonds is 12. The number of aromatic carboxylic acids is 1. The van der Waals surface area contributed by atoms with Crippen LogP contribution in [0, 0.1) is 5.92 Å². The van der Waals surface area contributed by atoms with Crippen LogP contribution in [0.2, 0.25) is 0 Å². The minimum absolute atomic E-state index is 0.0769. The summed E-state index contributed by atoms with van der Waals surface area (Å²) in [5.41, 5.74) is 7.18. The predicted octanol–water partition coefficient (Wildman–Crippen LogP) is 8.90. The van der Waals surface area contributed by atoms with Gasteiger partial charge in [-0.2, -0.15) is 0 Å². The standard InChI is InChI=1S/C40H37N5O4S2/c1-23(25-15-16-25)24(2)27-17-19-41-35-28(27)9-6-12-32(35)49-21-7-14-34-36(38(47)48)43-40(51-34)45-20-18-26-8-5-10-29(30(26)22-45)37(46)44-39-42-31-11-3-4-13-33(31)50-39/h3-6,8-13,15,17,19,23-24H,7,14,16,18,20-22H2,1-2H3,(H,47,48)(H,42,44,46). The zero-order valence-corrected chi connectivity index (χ0v) is 30.0. The van der Waals surface area contributed by atoms with Gasteiger partial charge in [0.1, 0.15) is 11.3 Å². The van der Waals surface area contributed by atoms with Gasteiger partial charge in [-0.25, -0.2) is 14.8 Å². The maximum absolute atomic E-state index is 13.5. The number of thiazole rings is 2. The van der Waals surface area contributed by atoms with Gasteiger partial charge >= 0.3 is 5.97 Å². The van der Waals surface area contributed by atoms with Crippen molar-refractivity contribution < 1.29 is 19.4 Å². The van der Waals surface area contributed by atoms with E-state index in [1.54, 1.807) is 0 Å². The fraction of sp³-hybridized carbons (Fsp3) is 0.275. The molecule has 1 aliphatic heterocycles. The molecule has 1 amide bonds. The number of fused-ring (bicyclic) bond motifs is 3. The van der Waals surface area contributed by atoms with Crippen molar-refractivity contribution in [2.45, 2.75) is 52.0 Å². The molecule has 0 radical (unpaired) electrons. The first-order valence-electron chi connectivity index (χ1n) is 17.3. The summed E-state index contributed by atoms with van der Waals surface area (Å²) in [5.74, 6) is 0.341. The number of amides is 1. The lowest BCUT2D eigenvalue weighted by Gasteiger charge is -2.29. The zero-order chi connectivity index (χ0) is 35.1. The van der Waals surface area contributed by atoms with E-state index in [2.05, 4.69) is 63.3 Å². The van der Waals surface area contributed by atoms with E-state index < -0.39 is 5.97 Å². The average Bonchev–Trinajstić information content (AvgIpc) is 3.78. The van der Waals surface area contributed by atoms with Gasteiger partial charge < -0.3 is 14.7 Å². The summed E-state index contributed by atoms with van der Waals surface area (Å²) in [6, 6.07) is 21.8. The third-order valence-electron chi connectivity index (χ3n) is 10.0. The minimum Gasteiger partial charge on any atom is -0.491 e. The highest BCUT2D eigenvalue weighted by Crippen LogP contribution is 2.40. The topological polar surface area (TPSA) is 118 Å². The Morgan fingerprint density at radius 3 is 2.67 bits per heavy atom. The van der Waals surface area contributed by atoms with E-state index in [9.17, 15) is 14.7 Å². The summed E-state index contributed by atoms with van der Waals surface area (Å²) in [4.78, 5) is 42.4. The maximum atomic E-state index is 13.5. The molecule has 11 heteroatoms. The van der Waals surface area contributed by atoms with Crippen molar-refractivity contribution in [1.29, 1.82) is 0 Å². The summed E-state index contributed by atoms with van der Waals surface area (Å²) in [5, 5.41) is 15.4. The fourth-order valence-corrected chi connectivity index (χ4v) is 8.96. The molecular formula is C40H37N5O4S2. The summed E-state index contributed by atoms with van der Waals surface area (Å²) in [6.45, 7) is 6.12. The number of carbonyl (C=O) groups is 2.